The van der Waals surface area contributed by atoms with Crippen molar-refractivity contribution in [3.05, 3.63) is 43.2 Å². The van der Waals surface area contributed by atoms with Crippen LogP contribution in [0.1, 0.15) is 5.56 Å². The van der Waals surface area contributed by atoms with Crippen molar-refractivity contribution >= 4 is 23.8 Å². The van der Waals surface area contributed by atoms with E-state index in [1.54, 1.807) is 18.6 Å². The molecule has 5 heteroatoms. The number of para-hydroxylation sites is 1. The molecule has 0 aliphatic heterocycles. The molecule has 0 aromatic heterocycles. The number of rotatable bonds is 1. The summed E-state index contributed by atoms with van der Waals surface area (Å²) in [6, 6.07) is 6.81. The van der Waals surface area contributed by atoms with Crippen LogP contribution in [-0.2, 0) is 16.8 Å². The Kier molecular flexibility index (Phi) is 30.4. The average Bonchev–Trinajstić information content (AvgIpc) is 2.27. The second-order valence-electron chi connectivity index (χ2n) is 5.77. The van der Waals surface area contributed by atoms with Gasteiger partial charge in [-0.05, 0) is 73.3 Å². The molecule has 22 heavy (non-hydrogen) atoms. The van der Waals surface area contributed by atoms with Gasteiger partial charge < -0.3 is 5.11 Å². The maximum Gasteiger partial charge on any atom is 0 e. The summed E-state index contributed by atoms with van der Waals surface area (Å²) in [5.41, 5.74) is 0.664. The fourth-order valence-electron chi connectivity index (χ4n) is 0.649. The zero-order chi connectivity index (χ0) is 17.4. The first-order valence-corrected chi connectivity index (χ1v) is 14.8. The fraction of sp³-hybridized carbons (Fsp3) is 0.529. The summed E-state index contributed by atoms with van der Waals surface area (Å²) in [5, 5.41) is 10.8. The molecule has 0 saturated carbocycles. The van der Waals surface area contributed by atoms with Crippen LogP contribution in [0.15, 0.2) is 24.3 Å². The molecule has 1 aromatic rings. The molecule has 0 saturated heterocycles. The van der Waals surface area contributed by atoms with Crippen LogP contribution in [-0.4, -0.2) is 60.0 Å². The predicted octanol–water partition coefficient (Wildman–Crippen LogP) is 5.22. The van der Waals surface area contributed by atoms with Crippen LogP contribution in [0.25, 0.3) is 0 Å². The van der Waals surface area contributed by atoms with E-state index < -0.39 is 0 Å². The molecule has 0 aliphatic carbocycles. The summed E-state index contributed by atoms with van der Waals surface area (Å²) in [6.07, 6.45) is 1.56. The molecule has 0 heterocycles. The van der Waals surface area contributed by atoms with E-state index in [0.29, 0.717) is 29.3 Å². The topological polar surface area (TPSA) is 23.1 Å². The summed E-state index contributed by atoms with van der Waals surface area (Å²) in [6.45, 7) is 23.6. The van der Waals surface area contributed by atoms with Gasteiger partial charge in [-0.3, -0.25) is 0 Å². The molecule has 0 aliphatic rings. The molecule has 0 fully saturated rings. The first kappa shape index (κ1) is 30.7. The van der Waals surface area contributed by atoms with Crippen molar-refractivity contribution < 1.29 is 21.9 Å². The minimum Gasteiger partial charge on any atom is -0.872 e. The van der Waals surface area contributed by atoms with Gasteiger partial charge in [0.1, 0.15) is 0 Å². The largest absolute Gasteiger partial charge is 0.872 e. The van der Waals surface area contributed by atoms with Gasteiger partial charge in [-0.2, -0.15) is 0 Å². The maximum atomic E-state index is 10.8. The van der Waals surface area contributed by atoms with Crippen LogP contribution in [0.4, 0.5) is 0 Å². The molecule has 0 spiro atoms. The molecule has 3 radical (unpaired) electrons. The fourth-order valence-corrected chi connectivity index (χ4v) is 0.649. The Morgan fingerprint density at radius 3 is 1.23 bits per heavy atom. The van der Waals surface area contributed by atoms with Crippen molar-refractivity contribution in [3.8, 4) is 5.75 Å². The van der Waals surface area contributed by atoms with Crippen molar-refractivity contribution in [3.63, 3.8) is 0 Å². The molecular weight excluding hydrogens is 372 g/mol. The average molecular weight is 406 g/mol. The van der Waals surface area contributed by atoms with E-state index in [9.17, 15) is 5.11 Å². The Balaban J connectivity index is -0.000000107. The Hall–Kier alpha value is 0.816. The third-order valence-corrected chi connectivity index (χ3v) is 1.14. The van der Waals surface area contributed by atoms with Gasteiger partial charge in [0.15, 0.2) is 0 Å². The minimum absolute atomic E-state index is 0. The molecule has 0 N–H and O–H groups in total. The first-order valence-electron chi connectivity index (χ1n) is 6.75. The molecule has 133 valence electrons. The number of hydrogen-bond donors (Lipinski definition) is 0. The second-order valence-corrected chi connectivity index (χ2v) is 13.8. The third kappa shape index (κ3) is 42.8. The van der Waals surface area contributed by atoms with E-state index in [1.165, 1.54) is 6.07 Å². The molecule has 1 aromatic carbocycles. The van der Waals surface area contributed by atoms with Gasteiger partial charge in [-0.25, -0.2) is 0 Å². The zero-order valence-corrected chi connectivity index (χ0v) is 19.4. The molecule has 0 amide bonds. The normalized spacial score (nSPS) is 8.77. The van der Waals surface area contributed by atoms with Gasteiger partial charge in [0.25, 0.3) is 0 Å². The van der Waals surface area contributed by atoms with Gasteiger partial charge in [0, 0.05) is 16.8 Å². The van der Waals surface area contributed by atoms with Gasteiger partial charge in [-0.1, -0.05) is 29.8 Å². The summed E-state index contributed by atoms with van der Waals surface area (Å²) in [5.74, 6) is 0.0347. The summed E-state index contributed by atoms with van der Waals surface area (Å²) < 4.78 is 0. The van der Waals surface area contributed by atoms with Crippen molar-refractivity contribution in [2.45, 2.75) is 0 Å². The standard InChI is InChI=1S/C8H8O.3C3H9P.Co/c1-2-7-5-3-4-6-8(7)9;3*1-4(2)3;/h2-6,9H,1H2;3*1-3H3;/p-1. The Morgan fingerprint density at radius 1 is 0.773 bits per heavy atom. The van der Waals surface area contributed by atoms with Crippen molar-refractivity contribution in [1.29, 1.82) is 0 Å². The van der Waals surface area contributed by atoms with E-state index in [0.717, 1.165) is 0 Å². The second kappa shape index (κ2) is 21.8. The van der Waals surface area contributed by atoms with Crippen LogP contribution >= 0.6 is 23.8 Å². The molecule has 0 unspecified atom stereocenters. The SMILES string of the molecule is CP(C)C.CP(C)C.CP(C)C.[CH2][CH]c1ccccc1[O-].[Co]. The van der Waals surface area contributed by atoms with Crippen molar-refractivity contribution in [2.75, 3.05) is 60.0 Å². The summed E-state index contributed by atoms with van der Waals surface area (Å²) >= 11 is 0. The van der Waals surface area contributed by atoms with Crippen molar-refractivity contribution in [1.82, 2.24) is 0 Å². The van der Waals surface area contributed by atoms with Crippen LogP contribution in [0.3, 0.4) is 0 Å². The minimum atomic E-state index is 0. The van der Waals surface area contributed by atoms with Gasteiger partial charge >= 0.3 is 0 Å². The zero-order valence-electron chi connectivity index (χ0n) is 15.7. The van der Waals surface area contributed by atoms with Gasteiger partial charge in [0.2, 0.25) is 0 Å². The van der Waals surface area contributed by atoms with Crippen LogP contribution in [0, 0.1) is 13.3 Å². The number of benzene rings is 1. The van der Waals surface area contributed by atoms with E-state index in [2.05, 4.69) is 66.9 Å². The summed E-state index contributed by atoms with van der Waals surface area (Å²) in [7, 11) is 1.14. The Bertz CT molecular complexity index is 296. The van der Waals surface area contributed by atoms with Crippen molar-refractivity contribution in [2.24, 2.45) is 0 Å². The number of hydrogen-bond acceptors (Lipinski definition) is 1. The maximum absolute atomic E-state index is 10.8. The van der Waals surface area contributed by atoms with E-state index in [-0.39, 0.29) is 22.5 Å². The van der Waals surface area contributed by atoms with Crippen LogP contribution in [0.5, 0.6) is 5.75 Å². The Labute approximate surface area is 154 Å². The first-order chi connectivity index (χ1) is 9.54. The Morgan fingerprint density at radius 2 is 1.05 bits per heavy atom. The van der Waals surface area contributed by atoms with Gasteiger partial charge in [-0.15, -0.1) is 29.5 Å². The molecular formula is C17H34CoOP3-. The monoisotopic (exact) mass is 406 g/mol. The third-order valence-electron chi connectivity index (χ3n) is 1.14. The quantitative estimate of drug-likeness (QED) is 0.587. The van der Waals surface area contributed by atoms with Crippen LogP contribution < -0.4 is 5.11 Å². The molecule has 1 rings (SSSR count). The molecule has 0 bridgehead atoms. The molecule has 0 atom stereocenters. The van der Waals surface area contributed by atoms with E-state index in [4.69, 9.17) is 0 Å². The van der Waals surface area contributed by atoms with Crippen LogP contribution in [0.2, 0.25) is 0 Å². The van der Waals surface area contributed by atoms with Gasteiger partial charge in [0.05, 0.1) is 0 Å². The van der Waals surface area contributed by atoms with E-state index in [1.807, 2.05) is 6.07 Å². The van der Waals surface area contributed by atoms with E-state index >= 15 is 0 Å². The smallest absolute Gasteiger partial charge is 0 e. The molecule has 1 nitrogen and oxygen atoms in total. The predicted molar refractivity (Wildman–Crippen MR) is 109 cm³/mol. The summed E-state index contributed by atoms with van der Waals surface area (Å²) in [4.78, 5) is 0.